The number of carbonyl (C=O) groups excluding carboxylic acids is 1. The van der Waals surface area contributed by atoms with Gasteiger partial charge in [-0.1, -0.05) is 13.0 Å². The Bertz CT molecular complexity index is 142. The van der Waals surface area contributed by atoms with Crippen molar-refractivity contribution >= 4 is 5.91 Å². The van der Waals surface area contributed by atoms with E-state index in [2.05, 4.69) is 11.9 Å². The predicted molar refractivity (Wildman–Crippen MR) is 35.9 cm³/mol. The summed E-state index contributed by atoms with van der Waals surface area (Å²) in [6, 6.07) is 0. The van der Waals surface area contributed by atoms with Gasteiger partial charge < -0.3 is 5.32 Å². The molecule has 1 N–H and O–H groups in total. The topological polar surface area (TPSA) is 29.1 Å². The molecule has 1 heterocycles. The van der Waals surface area contributed by atoms with Crippen molar-refractivity contribution in [1.29, 1.82) is 0 Å². The first-order valence-electron chi connectivity index (χ1n) is 3.16. The fourth-order valence-electron chi connectivity index (χ4n) is 1.04. The molecule has 0 radical (unpaired) electrons. The highest BCUT2D eigenvalue weighted by atomic mass is 16.2. The number of hydrogen-bond acceptors (Lipinski definition) is 1. The molecule has 2 unspecified atom stereocenters. The number of hydrogen-bond donors (Lipinski definition) is 1. The van der Waals surface area contributed by atoms with E-state index in [0.717, 1.165) is 6.54 Å². The highest BCUT2D eigenvalue weighted by Gasteiger charge is 2.27. The molecule has 50 valence electrons. The highest BCUT2D eigenvalue weighted by Crippen LogP contribution is 2.16. The smallest absolute Gasteiger partial charge is 0.223 e. The molecule has 0 aromatic heterocycles. The van der Waals surface area contributed by atoms with Crippen LogP contribution in [-0.2, 0) is 4.79 Å². The SMILES string of the molecule is C=CC1CNC(=O)C1C. The van der Waals surface area contributed by atoms with Crippen molar-refractivity contribution in [3.8, 4) is 0 Å². The molecular weight excluding hydrogens is 114 g/mol. The number of amides is 1. The molecule has 1 saturated heterocycles. The molecule has 1 aliphatic rings. The molecule has 9 heavy (non-hydrogen) atoms. The molecule has 0 saturated carbocycles. The summed E-state index contributed by atoms with van der Waals surface area (Å²) in [7, 11) is 0. The maximum Gasteiger partial charge on any atom is 0.223 e. The van der Waals surface area contributed by atoms with E-state index < -0.39 is 0 Å². The van der Waals surface area contributed by atoms with Gasteiger partial charge in [-0.2, -0.15) is 0 Å². The number of nitrogens with one attached hydrogen (secondary N) is 1. The maximum absolute atomic E-state index is 10.8. The highest BCUT2D eigenvalue weighted by molar-refractivity contribution is 5.81. The molecule has 1 rings (SSSR count). The van der Waals surface area contributed by atoms with Crippen LogP contribution >= 0.6 is 0 Å². The lowest BCUT2D eigenvalue weighted by Crippen LogP contribution is -2.16. The second kappa shape index (κ2) is 2.21. The summed E-state index contributed by atoms with van der Waals surface area (Å²) in [5.41, 5.74) is 0. The fraction of sp³-hybridized carbons (Fsp3) is 0.571. The van der Waals surface area contributed by atoms with Gasteiger partial charge in [0.15, 0.2) is 0 Å². The van der Waals surface area contributed by atoms with E-state index in [1.807, 2.05) is 13.0 Å². The minimum absolute atomic E-state index is 0.127. The van der Waals surface area contributed by atoms with Gasteiger partial charge in [0.2, 0.25) is 5.91 Å². The summed E-state index contributed by atoms with van der Waals surface area (Å²) in [6.45, 7) is 6.33. The van der Waals surface area contributed by atoms with Gasteiger partial charge in [0.25, 0.3) is 0 Å². The molecule has 0 aromatic carbocycles. The molecule has 2 heteroatoms. The molecule has 0 spiro atoms. The van der Waals surface area contributed by atoms with Crippen LogP contribution in [0.15, 0.2) is 12.7 Å². The minimum atomic E-state index is 0.127. The molecule has 2 nitrogen and oxygen atoms in total. The Labute approximate surface area is 54.9 Å². The van der Waals surface area contributed by atoms with Crippen molar-refractivity contribution in [3.63, 3.8) is 0 Å². The zero-order valence-electron chi connectivity index (χ0n) is 5.55. The summed E-state index contributed by atoms with van der Waals surface area (Å²) in [5.74, 6) is 0.625. The standard InChI is InChI=1S/C7H11NO/c1-3-6-4-8-7(9)5(6)2/h3,5-6H,1,4H2,2H3,(H,8,9). The number of rotatable bonds is 1. The van der Waals surface area contributed by atoms with E-state index >= 15 is 0 Å². The first-order chi connectivity index (χ1) is 4.25. The third-order valence-corrected chi connectivity index (χ3v) is 1.87. The van der Waals surface area contributed by atoms with Crippen LogP contribution in [0.25, 0.3) is 0 Å². The van der Waals surface area contributed by atoms with Crippen LogP contribution < -0.4 is 5.32 Å². The molecular formula is C7H11NO. The van der Waals surface area contributed by atoms with Gasteiger partial charge in [-0.3, -0.25) is 4.79 Å². The lowest BCUT2D eigenvalue weighted by molar-refractivity contribution is -0.122. The van der Waals surface area contributed by atoms with Gasteiger partial charge in [0, 0.05) is 18.4 Å². The molecule has 1 aliphatic heterocycles. The second-order valence-electron chi connectivity index (χ2n) is 2.43. The molecule has 0 aliphatic carbocycles. The zero-order chi connectivity index (χ0) is 6.85. The zero-order valence-corrected chi connectivity index (χ0v) is 5.55. The molecule has 2 atom stereocenters. The first kappa shape index (κ1) is 6.33. The van der Waals surface area contributed by atoms with Crippen LogP contribution in [0.5, 0.6) is 0 Å². The Morgan fingerprint density at radius 3 is 2.78 bits per heavy atom. The molecule has 1 amide bonds. The van der Waals surface area contributed by atoms with Gasteiger partial charge in [-0.15, -0.1) is 6.58 Å². The Hall–Kier alpha value is -0.790. The average Bonchev–Trinajstić information content (AvgIpc) is 2.15. The fourth-order valence-corrected chi connectivity index (χ4v) is 1.04. The Kier molecular flexibility index (Phi) is 1.56. The van der Waals surface area contributed by atoms with Gasteiger partial charge in [-0.05, 0) is 0 Å². The van der Waals surface area contributed by atoms with E-state index in [1.165, 1.54) is 0 Å². The lowest BCUT2D eigenvalue weighted by atomic mass is 9.98. The minimum Gasteiger partial charge on any atom is -0.355 e. The van der Waals surface area contributed by atoms with Crippen molar-refractivity contribution in [2.75, 3.05) is 6.54 Å². The van der Waals surface area contributed by atoms with Crippen molar-refractivity contribution in [3.05, 3.63) is 12.7 Å². The normalized spacial score (nSPS) is 34.1. The van der Waals surface area contributed by atoms with Crippen molar-refractivity contribution < 1.29 is 4.79 Å². The Morgan fingerprint density at radius 1 is 1.89 bits per heavy atom. The summed E-state index contributed by atoms with van der Waals surface area (Å²) in [6.07, 6.45) is 1.84. The Balaban J connectivity index is 2.61. The largest absolute Gasteiger partial charge is 0.355 e. The van der Waals surface area contributed by atoms with Crippen LogP contribution in [0.4, 0.5) is 0 Å². The molecule has 0 bridgehead atoms. The van der Waals surface area contributed by atoms with Crippen LogP contribution in [0.3, 0.4) is 0 Å². The van der Waals surface area contributed by atoms with E-state index in [4.69, 9.17) is 0 Å². The molecule has 1 fully saturated rings. The monoisotopic (exact) mass is 125 g/mol. The van der Waals surface area contributed by atoms with Crippen molar-refractivity contribution in [2.45, 2.75) is 6.92 Å². The van der Waals surface area contributed by atoms with E-state index in [9.17, 15) is 4.79 Å². The van der Waals surface area contributed by atoms with Gasteiger partial charge >= 0.3 is 0 Å². The number of carbonyl (C=O) groups is 1. The van der Waals surface area contributed by atoms with E-state index in [1.54, 1.807) is 0 Å². The first-order valence-corrected chi connectivity index (χ1v) is 3.16. The van der Waals surface area contributed by atoms with Crippen LogP contribution in [0.2, 0.25) is 0 Å². The van der Waals surface area contributed by atoms with E-state index in [-0.39, 0.29) is 11.8 Å². The predicted octanol–water partition coefficient (Wildman–Crippen LogP) is 0.554. The van der Waals surface area contributed by atoms with E-state index in [0.29, 0.717) is 5.92 Å². The van der Waals surface area contributed by atoms with Gasteiger partial charge in [-0.25, -0.2) is 0 Å². The quantitative estimate of drug-likeness (QED) is 0.509. The van der Waals surface area contributed by atoms with Gasteiger partial charge in [0.05, 0.1) is 0 Å². The van der Waals surface area contributed by atoms with Gasteiger partial charge in [0.1, 0.15) is 0 Å². The third kappa shape index (κ3) is 0.969. The Morgan fingerprint density at radius 2 is 2.56 bits per heavy atom. The summed E-state index contributed by atoms with van der Waals surface area (Å²) < 4.78 is 0. The van der Waals surface area contributed by atoms with Crippen molar-refractivity contribution in [2.24, 2.45) is 11.8 Å². The summed E-state index contributed by atoms with van der Waals surface area (Å²) >= 11 is 0. The van der Waals surface area contributed by atoms with Crippen LogP contribution in [0.1, 0.15) is 6.92 Å². The molecule has 0 aromatic rings. The van der Waals surface area contributed by atoms with Crippen molar-refractivity contribution in [1.82, 2.24) is 5.32 Å². The average molecular weight is 125 g/mol. The second-order valence-corrected chi connectivity index (χ2v) is 2.43. The summed E-state index contributed by atoms with van der Waals surface area (Å²) in [5, 5.41) is 2.76. The lowest BCUT2D eigenvalue weighted by Gasteiger charge is -2.03. The van der Waals surface area contributed by atoms with Crippen LogP contribution in [0, 0.1) is 11.8 Å². The van der Waals surface area contributed by atoms with Crippen LogP contribution in [-0.4, -0.2) is 12.5 Å². The maximum atomic E-state index is 10.8. The summed E-state index contributed by atoms with van der Waals surface area (Å²) in [4.78, 5) is 10.8. The third-order valence-electron chi connectivity index (χ3n) is 1.87.